The summed E-state index contributed by atoms with van der Waals surface area (Å²) in [5.41, 5.74) is 1.54. The van der Waals surface area contributed by atoms with Crippen LogP contribution in [0.4, 0.5) is 5.69 Å². The van der Waals surface area contributed by atoms with Crippen LogP contribution in [0.5, 0.6) is 0 Å². The molecule has 0 saturated carbocycles. The molecule has 1 amide bonds. The van der Waals surface area contributed by atoms with E-state index in [0.717, 1.165) is 17.7 Å². The number of tetrazole rings is 1. The van der Waals surface area contributed by atoms with Crippen molar-refractivity contribution in [3.05, 3.63) is 46.7 Å². The fourth-order valence-corrected chi connectivity index (χ4v) is 2.64. The van der Waals surface area contributed by atoms with Crippen molar-refractivity contribution in [1.29, 1.82) is 0 Å². The highest BCUT2D eigenvalue weighted by Gasteiger charge is 2.07. The highest BCUT2D eigenvalue weighted by molar-refractivity contribution is 7.09. The summed E-state index contributed by atoms with van der Waals surface area (Å²) in [5.74, 6) is 0.498. The van der Waals surface area contributed by atoms with E-state index >= 15 is 0 Å². The van der Waals surface area contributed by atoms with Gasteiger partial charge in [0, 0.05) is 22.5 Å². The van der Waals surface area contributed by atoms with Crippen LogP contribution in [0.2, 0.25) is 0 Å². The predicted molar refractivity (Wildman–Crippen MR) is 80.9 cm³/mol. The Bertz CT molecular complexity index is 709. The number of hydrogen-bond donors (Lipinski definition) is 2. The van der Waals surface area contributed by atoms with Crippen molar-refractivity contribution in [2.75, 3.05) is 5.32 Å². The number of aromatic amines is 1. The predicted octanol–water partition coefficient (Wildman–Crippen LogP) is 2.50. The number of aryl methyl sites for hydroxylation is 1. The number of carbonyl (C=O) groups excluding carboxylic acids is 1. The summed E-state index contributed by atoms with van der Waals surface area (Å²) in [7, 11) is 0. The smallest absolute Gasteiger partial charge is 0.224 e. The minimum atomic E-state index is -0.00587. The molecule has 0 radical (unpaired) electrons. The van der Waals surface area contributed by atoms with E-state index < -0.39 is 0 Å². The van der Waals surface area contributed by atoms with Gasteiger partial charge in [-0.3, -0.25) is 4.79 Å². The molecule has 2 heterocycles. The number of thiophene rings is 1. The molecule has 0 aliphatic carbocycles. The Morgan fingerprint density at radius 1 is 1.29 bits per heavy atom. The first-order chi connectivity index (χ1) is 10.3. The zero-order valence-electron chi connectivity index (χ0n) is 11.1. The highest BCUT2D eigenvalue weighted by atomic mass is 32.1. The molecule has 2 N–H and O–H groups in total. The zero-order valence-corrected chi connectivity index (χ0v) is 11.9. The lowest BCUT2D eigenvalue weighted by atomic mass is 10.2. The molecule has 7 heteroatoms. The van der Waals surface area contributed by atoms with Crippen molar-refractivity contribution in [3.63, 3.8) is 0 Å². The molecule has 2 aromatic heterocycles. The molecule has 0 aliphatic heterocycles. The van der Waals surface area contributed by atoms with Crippen LogP contribution in [0, 0.1) is 0 Å². The number of benzene rings is 1. The molecule has 0 saturated heterocycles. The van der Waals surface area contributed by atoms with Crippen molar-refractivity contribution in [3.8, 4) is 11.4 Å². The van der Waals surface area contributed by atoms with Crippen molar-refractivity contribution in [2.24, 2.45) is 0 Å². The molecule has 0 aliphatic rings. The van der Waals surface area contributed by atoms with Crippen LogP contribution in [0.3, 0.4) is 0 Å². The second-order valence-electron chi connectivity index (χ2n) is 4.44. The number of amides is 1. The van der Waals surface area contributed by atoms with E-state index in [1.54, 1.807) is 11.3 Å². The van der Waals surface area contributed by atoms with Gasteiger partial charge in [-0.05, 0) is 35.2 Å². The lowest BCUT2D eigenvalue weighted by Crippen LogP contribution is -2.12. The van der Waals surface area contributed by atoms with Gasteiger partial charge in [0.2, 0.25) is 11.7 Å². The van der Waals surface area contributed by atoms with Gasteiger partial charge in [0.15, 0.2) is 0 Å². The van der Waals surface area contributed by atoms with Gasteiger partial charge in [-0.15, -0.1) is 21.5 Å². The SMILES string of the molecule is O=C(CCc1cccs1)Nc1cccc(-c2nn[nH]n2)c1. The molecule has 0 fully saturated rings. The molecule has 1 aromatic carbocycles. The highest BCUT2D eigenvalue weighted by Crippen LogP contribution is 2.18. The fraction of sp³-hybridized carbons (Fsp3) is 0.143. The molecule has 3 aromatic rings. The molecule has 21 heavy (non-hydrogen) atoms. The normalized spacial score (nSPS) is 10.5. The second kappa shape index (κ2) is 6.27. The maximum absolute atomic E-state index is 11.9. The molecule has 6 nitrogen and oxygen atoms in total. The quantitative estimate of drug-likeness (QED) is 0.758. The van der Waals surface area contributed by atoms with Crippen LogP contribution in [-0.4, -0.2) is 26.5 Å². The molecule has 0 atom stereocenters. The number of H-pyrrole nitrogens is 1. The van der Waals surface area contributed by atoms with Crippen LogP contribution in [-0.2, 0) is 11.2 Å². The number of hydrogen-bond acceptors (Lipinski definition) is 5. The molecular formula is C14H13N5OS. The summed E-state index contributed by atoms with van der Waals surface area (Å²) >= 11 is 1.66. The minimum Gasteiger partial charge on any atom is -0.326 e. The largest absolute Gasteiger partial charge is 0.326 e. The molecule has 0 unspecified atom stereocenters. The number of anilines is 1. The zero-order chi connectivity index (χ0) is 14.5. The van der Waals surface area contributed by atoms with Gasteiger partial charge < -0.3 is 5.32 Å². The number of nitrogens with zero attached hydrogens (tertiary/aromatic N) is 3. The Morgan fingerprint density at radius 3 is 3.00 bits per heavy atom. The average molecular weight is 299 g/mol. The van der Waals surface area contributed by atoms with Gasteiger partial charge in [0.05, 0.1) is 0 Å². The topological polar surface area (TPSA) is 83.6 Å². The van der Waals surface area contributed by atoms with E-state index in [9.17, 15) is 4.79 Å². The third-order valence-electron chi connectivity index (χ3n) is 2.93. The summed E-state index contributed by atoms with van der Waals surface area (Å²) in [6.07, 6.45) is 1.22. The molecule has 0 bridgehead atoms. The average Bonchev–Trinajstić information content (AvgIpc) is 3.19. The Balaban J connectivity index is 1.62. The Morgan fingerprint density at radius 2 is 2.24 bits per heavy atom. The summed E-state index contributed by atoms with van der Waals surface area (Å²) in [6.45, 7) is 0. The van der Waals surface area contributed by atoms with E-state index in [2.05, 4.69) is 25.9 Å². The van der Waals surface area contributed by atoms with E-state index in [0.29, 0.717) is 12.2 Å². The van der Waals surface area contributed by atoms with Crippen molar-refractivity contribution < 1.29 is 4.79 Å². The summed E-state index contributed by atoms with van der Waals surface area (Å²) in [4.78, 5) is 13.2. The summed E-state index contributed by atoms with van der Waals surface area (Å²) in [5, 5.41) is 18.7. The number of rotatable bonds is 5. The summed E-state index contributed by atoms with van der Waals surface area (Å²) < 4.78 is 0. The van der Waals surface area contributed by atoms with Crippen LogP contribution in [0.15, 0.2) is 41.8 Å². The third-order valence-corrected chi connectivity index (χ3v) is 3.86. The van der Waals surface area contributed by atoms with Gasteiger partial charge >= 0.3 is 0 Å². The van der Waals surface area contributed by atoms with Crippen LogP contribution in [0.1, 0.15) is 11.3 Å². The van der Waals surface area contributed by atoms with Gasteiger partial charge in [-0.2, -0.15) is 5.21 Å². The lowest BCUT2D eigenvalue weighted by molar-refractivity contribution is -0.116. The van der Waals surface area contributed by atoms with E-state index in [1.165, 1.54) is 4.88 Å². The minimum absolute atomic E-state index is 0.00587. The lowest BCUT2D eigenvalue weighted by Gasteiger charge is -2.05. The van der Waals surface area contributed by atoms with Gasteiger partial charge in [-0.25, -0.2) is 0 Å². The Labute approximate surface area is 125 Å². The number of nitrogens with one attached hydrogen (secondary N) is 2. The Hall–Kier alpha value is -2.54. The van der Waals surface area contributed by atoms with E-state index in [-0.39, 0.29) is 5.91 Å². The van der Waals surface area contributed by atoms with E-state index in [1.807, 2.05) is 41.8 Å². The van der Waals surface area contributed by atoms with Crippen molar-refractivity contribution >= 4 is 22.9 Å². The molecule has 106 valence electrons. The van der Waals surface area contributed by atoms with Gasteiger partial charge in [0.25, 0.3) is 0 Å². The first-order valence-electron chi connectivity index (χ1n) is 6.47. The Kier molecular flexibility index (Phi) is 4.02. The van der Waals surface area contributed by atoms with Crippen LogP contribution >= 0.6 is 11.3 Å². The second-order valence-corrected chi connectivity index (χ2v) is 5.48. The molecular weight excluding hydrogens is 286 g/mol. The maximum atomic E-state index is 11.9. The molecule has 3 rings (SSSR count). The maximum Gasteiger partial charge on any atom is 0.224 e. The van der Waals surface area contributed by atoms with Crippen LogP contribution in [0.25, 0.3) is 11.4 Å². The van der Waals surface area contributed by atoms with Crippen molar-refractivity contribution in [1.82, 2.24) is 20.6 Å². The first kappa shape index (κ1) is 13.4. The molecule has 0 spiro atoms. The number of aromatic nitrogens is 4. The standard InChI is InChI=1S/C14H13N5OS/c20-13(7-6-12-5-2-8-21-12)15-11-4-1-3-10(9-11)14-16-18-19-17-14/h1-5,8-9H,6-7H2,(H,15,20)(H,16,17,18,19). The summed E-state index contributed by atoms with van der Waals surface area (Å²) in [6, 6.07) is 11.4. The monoisotopic (exact) mass is 299 g/mol. The third kappa shape index (κ3) is 3.51. The van der Waals surface area contributed by atoms with E-state index in [4.69, 9.17) is 0 Å². The number of carbonyl (C=O) groups is 1. The van der Waals surface area contributed by atoms with Gasteiger partial charge in [0.1, 0.15) is 0 Å². The van der Waals surface area contributed by atoms with Crippen LogP contribution < -0.4 is 5.32 Å². The van der Waals surface area contributed by atoms with Crippen molar-refractivity contribution in [2.45, 2.75) is 12.8 Å². The van der Waals surface area contributed by atoms with Gasteiger partial charge in [-0.1, -0.05) is 18.2 Å². The fourth-order valence-electron chi connectivity index (χ4n) is 1.94. The first-order valence-corrected chi connectivity index (χ1v) is 7.35.